The molecule has 0 saturated carbocycles. The zero-order valence-corrected chi connectivity index (χ0v) is 27.5. The maximum Gasteiger partial charge on any atom is 0.269 e. The van der Waals surface area contributed by atoms with Crippen molar-refractivity contribution in [3.8, 4) is 5.75 Å². The third-order valence-corrected chi connectivity index (χ3v) is 14.0. The normalized spacial score (nSPS) is 18.6. The molecule has 1 aliphatic rings. The fourth-order valence-electron chi connectivity index (χ4n) is 4.65. The Labute approximate surface area is 255 Å². The molecule has 1 aliphatic heterocycles. The number of aromatic nitrogens is 3. The smallest absolute Gasteiger partial charge is 0.269 e. The lowest BCUT2D eigenvalue weighted by Gasteiger charge is -2.41. The van der Waals surface area contributed by atoms with Crippen LogP contribution in [0, 0.1) is 17.0 Å². The SMILES string of the molecule is COc1ccc2nc3c(c(C)nn3[C@H]3CN(Sc4ccc([N+](=O)[O-])cc4)C[C@@H](CO[Si](C)(C)C(C)(C)C)O3)c(Cl)c2c1. The average molecular weight is 630 g/mol. The van der Waals surface area contributed by atoms with Crippen LogP contribution in [0.15, 0.2) is 47.4 Å². The molecule has 1 fully saturated rings. The minimum Gasteiger partial charge on any atom is -0.497 e. The highest BCUT2D eigenvalue weighted by Crippen LogP contribution is 2.39. The Morgan fingerprint density at radius 1 is 1.19 bits per heavy atom. The molecule has 224 valence electrons. The van der Waals surface area contributed by atoms with Crippen molar-refractivity contribution >= 4 is 59.5 Å². The summed E-state index contributed by atoms with van der Waals surface area (Å²) < 4.78 is 22.7. The molecule has 42 heavy (non-hydrogen) atoms. The van der Waals surface area contributed by atoms with Gasteiger partial charge in [-0.25, -0.2) is 14.0 Å². The summed E-state index contributed by atoms with van der Waals surface area (Å²) in [4.78, 5) is 16.6. The van der Waals surface area contributed by atoms with Crippen molar-refractivity contribution in [2.45, 2.75) is 63.1 Å². The van der Waals surface area contributed by atoms with Crippen LogP contribution >= 0.6 is 23.5 Å². The number of hydrogen-bond acceptors (Lipinski definition) is 9. The molecule has 0 amide bonds. The lowest BCUT2D eigenvalue weighted by Crippen LogP contribution is -2.48. The first-order valence-corrected chi connectivity index (χ1v) is 17.8. The molecule has 4 aromatic rings. The van der Waals surface area contributed by atoms with E-state index in [4.69, 9.17) is 35.6 Å². The van der Waals surface area contributed by atoms with Gasteiger partial charge >= 0.3 is 0 Å². The standard InChI is InChI=1S/C29H36ClN5O5SSi/c1-18-26-27(30)23-14-20(38-5)10-13-24(23)31-28(26)34(32-18)25-16-33(41-22-11-8-19(9-12-22)35(36)37)15-21(40-25)17-39-42(6,7)29(2,3)4/h8-14,21,25H,15-17H2,1-7H3/t21-,25+/m0/s1. The molecule has 0 unspecified atom stereocenters. The number of methoxy groups -OCH3 is 1. The van der Waals surface area contributed by atoms with E-state index in [1.54, 1.807) is 19.2 Å². The van der Waals surface area contributed by atoms with Gasteiger partial charge in [0.05, 0.1) is 52.9 Å². The number of nitrogens with zero attached hydrogens (tertiary/aromatic N) is 5. The molecular formula is C29H36ClN5O5SSi. The zero-order valence-electron chi connectivity index (χ0n) is 24.9. The van der Waals surface area contributed by atoms with Crippen LogP contribution in [0.1, 0.15) is 32.7 Å². The Bertz CT molecular complexity index is 1630. The van der Waals surface area contributed by atoms with Crippen LogP contribution in [-0.4, -0.2) is 65.2 Å². The highest BCUT2D eigenvalue weighted by molar-refractivity contribution is 7.97. The van der Waals surface area contributed by atoms with E-state index >= 15 is 0 Å². The molecule has 0 spiro atoms. The summed E-state index contributed by atoms with van der Waals surface area (Å²) in [6, 6.07) is 12.2. The molecule has 1 saturated heterocycles. The monoisotopic (exact) mass is 629 g/mol. The fraction of sp³-hybridized carbons (Fsp3) is 0.448. The van der Waals surface area contributed by atoms with Crippen LogP contribution in [0.4, 0.5) is 5.69 Å². The van der Waals surface area contributed by atoms with Gasteiger partial charge in [0.15, 0.2) is 20.2 Å². The second kappa shape index (κ2) is 11.7. The van der Waals surface area contributed by atoms with E-state index in [9.17, 15) is 10.1 Å². The Hall–Kier alpha value is -2.74. The quantitative estimate of drug-likeness (QED) is 0.0853. The van der Waals surface area contributed by atoms with Crippen LogP contribution in [0.3, 0.4) is 0 Å². The van der Waals surface area contributed by atoms with Gasteiger partial charge in [0.25, 0.3) is 5.69 Å². The third-order valence-electron chi connectivity index (χ3n) is 8.05. The number of benzene rings is 2. The summed E-state index contributed by atoms with van der Waals surface area (Å²) in [6.07, 6.45) is -0.698. The average Bonchev–Trinajstić information content (AvgIpc) is 3.27. The number of morpholine rings is 1. The van der Waals surface area contributed by atoms with Crippen LogP contribution < -0.4 is 4.74 Å². The number of pyridine rings is 1. The number of ether oxygens (including phenoxy) is 2. The maximum atomic E-state index is 11.1. The van der Waals surface area contributed by atoms with Crippen LogP contribution in [0.2, 0.25) is 23.2 Å². The van der Waals surface area contributed by atoms with Crippen LogP contribution in [0.25, 0.3) is 21.9 Å². The van der Waals surface area contributed by atoms with Crippen molar-refractivity contribution in [1.29, 1.82) is 0 Å². The molecule has 0 N–H and O–H groups in total. The van der Waals surface area contributed by atoms with Crippen molar-refractivity contribution in [3.63, 3.8) is 0 Å². The third kappa shape index (κ3) is 6.15. The number of halogens is 1. The highest BCUT2D eigenvalue weighted by atomic mass is 35.5. The first kappa shape index (κ1) is 30.7. The molecule has 2 aromatic heterocycles. The second-order valence-electron chi connectivity index (χ2n) is 12.0. The molecule has 2 atom stereocenters. The Balaban J connectivity index is 1.49. The Morgan fingerprint density at radius 2 is 1.90 bits per heavy atom. The lowest BCUT2D eigenvalue weighted by molar-refractivity contribution is -0.384. The van der Waals surface area contributed by atoms with Gasteiger partial charge in [0, 0.05) is 29.0 Å². The zero-order chi connectivity index (χ0) is 30.4. The summed E-state index contributed by atoms with van der Waals surface area (Å²) in [6.45, 7) is 14.6. The largest absolute Gasteiger partial charge is 0.497 e. The van der Waals surface area contributed by atoms with E-state index in [1.165, 1.54) is 24.1 Å². The number of nitro groups is 1. The van der Waals surface area contributed by atoms with E-state index in [-0.39, 0.29) is 16.8 Å². The molecule has 0 aliphatic carbocycles. The van der Waals surface area contributed by atoms with Crippen LogP contribution in [0.5, 0.6) is 5.75 Å². The number of non-ortho nitro benzene ring substituents is 1. The van der Waals surface area contributed by atoms with Gasteiger partial charge in [-0.15, -0.1) is 0 Å². The summed E-state index contributed by atoms with van der Waals surface area (Å²) in [5, 5.41) is 18.2. The molecule has 0 bridgehead atoms. The van der Waals surface area contributed by atoms with Gasteiger partial charge in [0.1, 0.15) is 5.75 Å². The predicted octanol–water partition coefficient (Wildman–Crippen LogP) is 7.39. The summed E-state index contributed by atoms with van der Waals surface area (Å²) in [5.74, 6) is 0.703. The van der Waals surface area contributed by atoms with Crippen molar-refractivity contribution in [2.75, 3.05) is 26.8 Å². The lowest BCUT2D eigenvalue weighted by atomic mass is 10.1. The van der Waals surface area contributed by atoms with Gasteiger partial charge < -0.3 is 13.9 Å². The number of rotatable bonds is 8. The molecule has 10 nitrogen and oxygen atoms in total. The van der Waals surface area contributed by atoms with E-state index in [0.29, 0.717) is 36.1 Å². The van der Waals surface area contributed by atoms with E-state index in [1.807, 2.05) is 29.8 Å². The van der Waals surface area contributed by atoms with Gasteiger partial charge in [-0.1, -0.05) is 32.4 Å². The summed E-state index contributed by atoms with van der Waals surface area (Å²) >= 11 is 8.47. The second-order valence-corrected chi connectivity index (χ2v) is 18.4. The Morgan fingerprint density at radius 3 is 2.55 bits per heavy atom. The van der Waals surface area contributed by atoms with Crippen molar-refractivity contribution < 1.29 is 18.8 Å². The first-order chi connectivity index (χ1) is 19.8. The molecular weight excluding hydrogens is 594 g/mol. The van der Waals surface area contributed by atoms with Crippen molar-refractivity contribution in [2.24, 2.45) is 0 Å². The number of fused-ring (bicyclic) bond motifs is 2. The van der Waals surface area contributed by atoms with Gasteiger partial charge in [-0.3, -0.25) is 10.1 Å². The van der Waals surface area contributed by atoms with Gasteiger partial charge in [-0.2, -0.15) is 5.10 Å². The highest BCUT2D eigenvalue weighted by Gasteiger charge is 2.39. The van der Waals surface area contributed by atoms with E-state index in [2.05, 4.69) is 38.2 Å². The van der Waals surface area contributed by atoms with E-state index in [0.717, 1.165) is 26.9 Å². The maximum absolute atomic E-state index is 11.1. The summed E-state index contributed by atoms with van der Waals surface area (Å²) in [7, 11) is -0.399. The minimum atomic E-state index is -2.02. The topological polar surface area (TPSA) is 105 Å². The molecule has 0 radical (unpaired) electrons. The Kier molecular flexibility index (Phi) is 8.58. The van der Waals surface area contributed by atoms with Gasteiger partial charge in [0.2, 0.25) is 0 Å². The number of aryl methyl sites for hydroxylation is 1. The molecule has 3 heterocycles. The first-order valence-electron chi connectivity index (χ1n) is 13.8. The predicted molar refractivity (Wildman–Crippen MR) is 169 cm³/mol. The molecule has 2 aromatic carbocycles. The van der Waals surface area contributed by atoms with Crippen molar-refractivity contribution in [1.82, 2.24) is 19.1 Å². The number of nitro benzene ring substituents is 1. The summed E-state index contributed by atoms with van der Waals surface area (Å²) in [5.41, 5.74) is 2.20. The fourth-order valence-corrected chi connectivity index (χ4v) is 7.05. The number of hydrogen-bond donors (Lipinski definition) is 0. The minimum absolute atomic E-state index is 0.0612. The molecule has 5 rings (SSSR count). The van der Waals surface area contributed by atoms with Crippen LogP contribution in [-0.2, 0) is 9.16 Å². The van der Waals surface area contributed by atoms with E-state index < -0.39 is 19.5 Å². The molecule has 13 heteroatoms. The van der Waals surface area contributed by atoms with Gasteiger partial charge in [-0.05, 0) is 67.3 Å². The van der Waals surface area contributed by atoms with Crippen molar-refractivity contribution in [3.05, 3.63) is 63.3 Å².